The number of amides is 2. The molecule has 1 heterocycles. The Balaban J connectivity index is 1.97. The fraction of sp³-hybridized carbons (Fsp3) is 0.500. The summed E-state index contributed by atoms with van der Waals surface area (Å²) in [5, 5.41) is 0. The maximum atomic E-state index is 13.3. The molecule has 1 aliphatic rings. The van der Waals surface area contributed by atoms with E-state index in [2.05, 4.69) is 0 Å². The molecule has 1 aromatic carbocycles. The molecule has 2 rings (SSSR count). The Morgan fingerprint density at radius 2 is 2.16 bits per heavy atom. The third-order valence-corrected chi connectivity index (χ3v) is 4.16. The van der Waals surface area contributed by atoms with E-state index in [0.29, 0.717) is 12.0 Å². The Bertz CT molecular complexity index is 650. The van der Waals surface area contributed by atoms with Crippen LogP contribution in [0.15, 0.2) is 24.3 Å². The molecule has 0 spiro atoms. The summed E-state index contributed by atoms with van der Waals surface area (Å²) in [6.45, 7) is 2.39. The molecule has 1 unspecified atom stereocenters. The van der Waals surface area contributed by atoms with Gasteiger partial charge in [0.05, 0.1) is 12.5 Å². The molecule has 0 aliphatic carbocycles. The number of likely N-dealkylation sites (tertiary alicyclic amines) is 1. The topological polar surface area (TPSA) is 66.9 Å². The highest BCUT2D eigenvalue weighted by Crippen LogP contribution is 2.21. The number of ether oxygens (including phenoxy) is 1. The highest BCUT2D eigenvalue weighted by atomic mass is 19.1. The van der Waals surface area contributed by atoms with Crippen molar-refractivity contribution in [3.63, 3.8) is 0 Å². The molecular weight excluding hydrogens is 327 g/mol. The number of esters is 1. The molecule has 0 aromatic heterocycles. The van der Waals surface area contributed by atoms with Gasteiger partial charge in [-0.1, -0.05) is 12.1 Å². The molecule has 1 fully saturated rings. The molecule has 0 bridgehead atoms. The minimum atomic E-state index is -0.457. The Morgan fingerprint density at radius 3 is 2.84 bits per heavy atom. The lowest BCUT2D eigenvalue weighted by Gasteiger charge is -2.33. The lowest BCUT2D eigenvalue weighted by Crippen LogP contribution is -2.46. The van der Waals surface area contributed by atoms with Gasteiger partial charge in [0, 0.05) is 26.6 Å². The largest absolute Gasteiger partial charge is 0.465 e. The third-order valence-electron chi connectivity index (χ3n) is 4.16. The van der Waals surface area contributed by atoms with E-state index < -0.39 is 5.97 Å². The second-order valence-electron chi connectivity index (χ2n) is 6.14. The maximum absolute atomic E-state index is 13.3. The van der Waals surface area contributed by atoms with Gasteiger partial charge in [-0.25, -0.2) is 4.39 Å². The van der Waals surface area contributed by atoms with Crippen LogP contribution < -0.4 is 0 Å². The number of nitrogens with zero attached hydrogens (tertiary/aromatic N) is 2. The van der Waals surface area contributed by atoms with Crippen LogP contribution in [-0.2, 0) is 25.7 Å². The molecule has 0 N–H and O–H groups in total. The first-order valence-corrected chi connectivity index (χ1v) is 8.33. The molecule has 0 saturated carbocycles. The minimum absolute atomic E-state index is 0.0543. The molecule has 6 nitrogen and oxygen atoms in total. The fourth-order valence-corrected chi connectivity index (χ4v) is 2.91. The summed E-state index contributed by atoms with van der Waals surface area (Å²) in [6, 6.07) is 6.06. The number of halogens is 1. The van der Waals surface area contributed by atoms with Crippen LogP contribution >= 0.6 is 0 Å². The quantitative estimate of drug-likeness (QED) is 0.731. The summed E-state index contributed by atoms with van der Waals surface area (Å²) >= 11 is 0. The first-order chi connectivity index (χ1) is 11.9. The zero-order valence-electron chi connectivity index (χ0n) is 14.5. The van der Waals surface area contributed by atoms with Gasteiger partial charge in [0.1, 0.15) is 12.4 Å². The number of carbonyl (C=O) groups is 3. The van der Waals surface area contributed by atoms with E-state index in [1.165, 1.54) is 17.0 Å². The van der Waals surface area contributed by atoms with Gasteiger partial charge in [0.2, 0.25) is 11.8 Å². The highest BCUT2D eigenvalue weighted by molar-refractivity contribution is 5.86. The first kappa shape index (κ1) is 18.9. The summed E-state index contributed by atoms with van der Waals surface area (Å²) in [4.78, 5) is 39.0. The molecule has 1 atom stereocenters. The molecule has 1 saturated heterocycles. The lowest BCUT2D eigenvalue weighted by atomic mass is 9.95. The average molecular weight is 350 g/mol. The van der Waals surface area contributed by atoms with Crippen molar-refractivity contribution in [3.05, 3.63) is 35.6 Å². The van der Waals surface area contributed by atoms with Crippen LogP contribution in [0.3, 0.4) is 0 Å². The summed E-state index contributed by atoms with van der Waals surface area (Å²) in [5.74, 6) is -1.43. The third kappa shape index (κ3) is 5.27. The number of carbonyl (C=O) groups excluding carboxylic acids is 3. The van der Waals surface area contributed by atoms with Crippen molar-refractivity contribution in [2.45, 2.75) is 26.3 Å². The Labute approximate surface area is 146 Å². The summed E-state index contributed by atoms with van der Waals surface area (Å²) in [7, 11) is 1.55. The number of likely N-dealkylation sites (N-methyl/N-ethyl adjacent to an activating group) is 1. The van der Waals surface area contributed by atoms with Crippen LogP contribution in [0.1, 0.15) is 25.3 Å². The predicted octanol–water partition coefficient (Wildman–Crippen LogP) is 1.59. The van der Waals surface area contributed by atoms with Crippen molar-refractivity contribution in [2.24, 2.45) is 5.92 Å². The standard InChI is InChI=1S/C18H23FN2O4/c1-3-25-17(23)12-20(2)18(24)14-7-8-16(22)21(11-14)10-13-5-4-6-15(19)9-13/h4-6,9,14H,3,7-8,10-12H2,1-2H3. The van der Waals surface area contributed by atoms with Gasteiger partial charge in [0.25, 0.3) is 0 Å². The molecule has 1 aromatic rings. The SMILES string of the molecule is CCOC(=O)CN(C)C(=O)C1CCC(=O)N(Cc2cccc(F)c2)C1. The van der Waals surface area contributed by atoms with Gasteiger partial charge in [-0.15, -0.1) is 0 Å². The second kappa shape index (κ2) is 8.60. The van der Waals surface area contributed by atoms with E-state index in [1.807, 2.05) is 0 Å². The minimum Gasteiger partial charge on any atom is -0.465 e. The summed E-state index contributed by atoms with van der Waals surface area (Å²) < 4.78 is 18.2. The van der Waals surface area contributed by atoms with Crippen molar-refractivity contribution in [3.8, 4) is 0 Å². The van der Waals surface area contributed by atoms with Crippen LogP contribution in [0.5, 0.6) is 0 Å². The Hall–Kier alpha value is -2.44. The van der Waals surface area contributed by atoms with Gasteiger partial charge in [-0.2, -0.15) is 0 Å². The zero-order chi connectivity index (χ0) is 18.4. The van der Waals surface area contributed by atoms with Crippen LogP contribution in [0.2, 0.25) is 0 Å². The summed E-state index contributed by atoms with van der Waals surface area (Å²) in [5.41, 5.74) is 0.682. The summed E-state index contributed by atoms with van der Waals surface area (Å²) in [6.07, 6.45) is 0.712. The number of piperidine rings is 1. The number of rotatable bonds is 6. The number of hydrogen-bond acceptors (Lipinski definition) is 4. The highest BCUT2D eigenvalue weighted by Gasteiger charge is 2.32. The smallest absolute Gasteiger partial charge is 0.325 e. The molecular formula is C18H23FN2O4. The molecule has 7 heteroatoms. The molecule has 136 valence electrons. The van der Waals surface area contributed by atoms with Gasteiger partial charge in [-0.3, -0.25) is 14.4 Å². The maximum Gasteiger partial charge on any atom is 0.325 e. The molecule has 25 heavy (non-hydrogen) atoms. The van der Waals surface area contributed by atoms with Crippen LogP contribution in [0.25, 0.3) is 0 Å². The van der Waals surface area contributed by atoms with Crippen molar-refractivity contribution in [1.29, 1.82) is 0 Å². The van der Waals surface area contributed by atoms with Gasteiger partial charge in [-0.05, 0) is 31.0 Å². The van der Waals surface area contributed by atoms with E-state index >= 15 is 0 Å². The normalized spacial score (nSPS) is 17.3. The van der Waals surface area contributed by atoms with E-state index in [1.54, 1.807) is 31.0 Å². The monoisotopic (exact) mass is 350 g/mol. The van der Waals surface area contributed by atoms with Gasteiger partial charge in [0.15, 0.2) is 0 Å². The predicted molar refractivity (Wildman–Crippen MR) is 88.8 cm³/mol. The van der Waals surface area contributed by atoms with Gasteiger partial charge >= 0.3 is 5.97 Å². The van der Waals surface area contributed by atoms with Crippen LogP contribution in [0.4, 0.5) is 4.39 Å². The van der Waals surface area contributed by atoms with Crippen LogP contribution in [-0.4, -0.2) is 54.3 Å². The number of hydrogen-bond donors (Lipinski definition) is 0. The fourth-order valence-electron chi connectivity index (χ4n) is 2.91. The van der Waals surface area contributed by atoms with Crippen LogP contribution in [0, 0.1) is 11.7 Å². The van der Waals surface area contributed by atoms with E-state index in [-0.39, 0.29) is 56.2 Å². The molecule has 1 aliphatic heterocycles. The first-order valence-electron chi connectivity index (χ1n) is 8.33. The Morgan fingerprint density at radius 1 is 1.40 bits per heavy atom. The average Bonchev–Trinajstić information content (AvgIpc) is 2.56. The van der Waals surface area contributed by atoms with Crippen molar-refractivity contribution in [1.82, 2.24) is 9.80 Å². The van der Waals surface area contributed by atoms with E-state index in [0.717, 1.165) is 0 Å². The van der Waals surface area contributed by atoms with Crippen molar-refractivity contribution in [2.75, 3.05) is 26.7 Å². The van der Waals surface area contributed by atoms with E-state index in [4.69, 9.17) is 4.74 Å². The second-order valence-corrected chi connectivity index (χ2v) is 6.14. The molecule has 0 radical (unpaired) electrons. The zero-order valence-corrected chi connectivity index (χ0v) is 14.5. The Kier molecular flexibility index (Phi) is 6.50. The number of benzene rings is 1. The van der Waals surface area contributed by atoms with Crippen molar-refractivity contribution < 1.29 is 23.5 Å². The van der Waals surface area contributed by atoms with Crippen molar-refractivity contribution >= 4 is 17.8 Å². The lowest BCUT2D eigenvalue weighted by molar-refractivity contribution is -0.151. The molecule has 2 amide bonds. The van der Waals surface area contributed by atoms with E-state index in [9.17, 15) is 18.8 Å². The van der Waals surface area contributed by atoms with Gasteiger partial charge < -0.3 is 14.5 Å².